The maximum absolute atomic E-state index is 12.8. The molecule has 0 aliphatic rings. The van der Waals surface area contributed by atoms with Gasteiger partial charge in [-0.2, -0.15) is 0 Å². The number of nitrogens with zero attached hydrogens (tertiary/aromatic N) is 1. The zero-order valence-corrected chi connectivity index (χ0v) is 17.9. The molecule has 0 saturated heterocycles. The zero-order valence-electron chi connectivity index (χ0n) is 17.9. The second-order valence-corrected chi connectivity index (χ2v) is 7.20. The van der Waals surface area contributed by atoms with Crippen molar-refractivity contribution in [2.75, 3.05) is 6.61 Å². The summed E-state index contributed by atoms with van der Waals surface area (Å²) in [4.78, 5) is 25.1. The number of fused-ring (bicyclic) bond motifs is 1. The second-order valence-electron chi connectivity index (χ2n) is 7.20. The molecule has 5 nitrogen and oxygen atoms in total. The predicted octanol–water partition coefficient (Wildman–Crippen LogP) is 5.73. The lowest BCUT2D eigenvalue weighted by Crippen LogP contribution is -2.07. The average molecular weight is 425 g/mol. The van der Waals surface area contributed by atoms with Gasteiger partial charge in [-0.1, -0.05) is 48.5 Å². The number of carbonyl (C=O) groups excluding carboxylic acids is 2. The summed E-state index contributed by atoms with van der Waals surface area (Å²) < 4.78 is 12.8. The van der Waals surface area contributed by atoms with Crippen LogP contribution in [0.3, 0.4) is 0 Å². The van der Waals surface area contributed by atoms with Gasteiger partial charge in [0.1, 0.15) is 5.75 Å². The monoisotopic (exact) mass is 425 g/mol. The van der Waals surface area contributed by atoms with Crippen molar-refractivity contribution in [3.05, 3.63) is 102 Å². The zero-order chi connectivity index (χ0) is 22.5. The number of benzene rings is 3. The van der Waals surface area contributed by atoms with Gasteiger partial charge >= 0.3 is 11.9 Å². The standard InChI is InChI=1S/C27H23NO4/c1-3-31-27(30)26-19(2)28(21-12-8-5-9-13-21)24-16-15-22(18-23(24)26)32-25(29)17-14-20-10-6-4-7-11-20/h4-18H,3H2,1-2H3. The van der Waals surface area contributed by atoms with Crippen LogP contribution in [0.1, 0.15) is 28.5 Å². The molecule has 3 aromatic carbocycles. The summed E-state index contributed by atoms with van der Waals surface area (Å²) in [6.45, 7) is 3.93. The van der Waals surface area contributed by atoms with E-state index in [1.165, 1.54) is 6.08 Å². The van der Waals surface area contributed by atoms with Crippen molar-refractivity contribution in [3.8, 4) is 11.4 Å². The number of hydrogen-bond donors (Lipinski definition) is 0. The molecule has 0 radical (unpaired) electrons. The van der Waals surface area contributed by atoms with Crippen molar-refractivity contribution in [3.63, 3.8) is 0 Å². The van der Waals surface area contributed by atoms with Crippen LogP contribution in [0, 0.1) is 6.92 Å². The van der Waals surface area contributed by atoms with Crippen LogP contribution in [-0.2, 0) is 9.53 Å². The van der Waals surface area contributed by atoms with Gasteiger partial charge in [0.15, 0.2) is 0 Å². The van der Waals surface area contributed by atoms with Gasteiger partial charge in [0.25, 0.3) is 0 Å². The van der Waals surface area contributed by atoms with Crippen molar-refractivity contribution >= 4 is 28.9 Å². The van der Waals surface area contributed by atoms with E-state index in [9.17, 15) is 9.59 Å². The molecule has 0 saturated carbocycles. The maximum Gasteiger partial charge on any atom is 0.340 e. The van der Waals surface area contributed by atoms with Gasteiger partial charge in [-0.25, -0.2) is 9.59 Å². The van der Waals surface area contributed by atoms with Crippen molar-refractivity contribution in [2.24, 2.45) is 0 Å². The molecule has 0 bridgehead atoms. The van der Waals surface area contributed by atoms with Gasteiger partial charge in [0.2, 0.25) is 0 Å². The Hall–Kier alpha value is -4.12. The number of para-hydroxylation sites is 1. The molecule has 0 atom stereocenters. The molecular formula is C27H23NO4. The predicted molar refractivity (Wildman–Crippen MR) is 125 cm³/mol. The van der Waals surface area contributed by atoms with Crippen LogP contribution in [0.25, 0.3) is 22.7 Å². The van der Waals surface area contributed by atoms with Gasteiger partial charge in [0, 0.05) is 22.8 Å². The molecule has 1 aromatic heterocycles. The largest absolute Gasteiger partial charge is 0.462 e. The summed E-state index contributed by atoms with van der Waals surface area (Å²) in [6, 6.07) is 24.6. The van der Waals surface area contributed by atoms with Gasteiger partial charge in [-0.05, 0) is 55.8 Å². The summed E-state index contributed by atoms with van der Waals surface area (Å²) in [5.41, 5.74) is 3.89. The summed E-state index contributed by atoms with van der Waals surface area (Å²) in [6.07, 6.45) is 3.08. The highest BCUT2D eigenvalue weighted by molar-refractivity contribution is 6.07. The Morgan fingerprint density at radius 1 is 0.938 bits per heavy atom. The van der Waals surface area contributed by atoms with Crippen molar-refractivity contribution in [1.29, 1.82) is 0 Å². The second kappa shape index (κ2) is 9.35. The molecule has 160 valence electrons. The van der Waals surface area contributed by atoms with Crippen molar-refractivity contribution in [2.45, 2.75) is 13.8 Å². The van der Waals surface area contributed by atoms with Crippen LogP contribution < -0.4 is 4.74 Å². The number of carbonyl (C=O) groups is 2. The van der Waals surface area contributed by atoms with Crippen LogP contribution in [0.2, 0.25) is 0 Å². The molecule has 4 aromatic rings. The molecule has 0 spiro atoms. The minimum absolute atomic E-state index is 0.273. The van der Waals surface area contributed by atoms with Crippen molar-refractivity contribution in [1.82, 2.24) is 4.57 Å². The molecule has 0 unspecified atom stereocenters. The van der Waals surface area contributed by atoms with E-state index in [0.717, 1.165) is 22.5 Å². The van der Waals surface area contributed by atoms with E-state index in [2.05, 4.69) is 0 Å². The summed E-state index contributed by atoms with van der Waals surface area (Å²) in [7, 11) is 0. The summed E-state index contributed by atoms with van der Waals surface area (Å²) in [5.74, 6) is -0.543. The molecular weight excluding hydrogens is 402 g/mol. The van der Waals surface area contributed by atoms with E-state index >= 15 is 0 Å². The van der Waals surface area contributed by atoms with E-state index in [-0.39, 0.29) is 6.61 Å². The van der Waals surface area contributed by atoms with Gasteiger partial charge in [-0.15, -0.1) is 0 Å². The van der Waals surface area contributed by atoms with E-state index < -0.39 is 11.9 Å². The molecule has 0 aliphatic carbocycles. The molecule has 0 fully saturated rings. The first kappa shape index (κ1) is 21.1. The number of ether oxygens (including phenoxy) is 2. The number of hydrogen-bond acceptors (Lipinski definition) is 4. The highest BCUT2D eigenvalue weighted by atomic mass is 16.5. The molecule has 5 heteroatoms. The first-order chi connectivity index (χ1) is 15.6. The first-order valence-corrected chi connectivity index (χ1v) is 10.4. The average Bonchev–Trinajstić information content (AvgIpc) is 3.10. The molecule has 4 rings (SSSR count). The minimum Gasteiger partial charge on any atom is -0.462 e. The Labute approximate surface area is 186 Å². The Morgan fingerprint density at radius 2 is 1.62 bits per heavy atom. The third-order valence-electron chi connectivity index (χ3n) is 5.10. The number of esters is 2. The topological polar surface area (TPSA) is 57.5 Å². The minimum atomic E-state index is -0.495. The number of rotatable bonds is 6. The van der Waals surface area contributed by atoms with Gasteiger partial charge in [0.05, 0.1) is 17.7 Å². The highest BCUT2D eigenvalue weighted by Crippen LogP contribution is 2.32. The summed E-state index contributed by atoms with van der Waals surface area (Å²) >= 11 is 0. The van der Waals surface area contributed by atoms with Gasteiger partial charge in [-0.3, -0.25) is 0 Å². The Bertz CT molecular complexity index is 1290. The molecule has 1 heterocycles. The number of aromatic nitrogens is 1. The fourth-order valence-corrected chi connectivity index (χ4v) is 3.71. The Balaban J connectivity index is 1.72. The van der Waals surface area contributed by atoms with E-state index in [4.69, 9.17) is 9.47 Å². The van der Waals surface area contributed by atoms with E-state index in [0.29, 0.717) is 16.7 Å². The van der Waals surface area contributed by atoms with E-state index in [1.54, 1.807) is 25.1 Å². The third kappa shape index (κ3) is 4.32. The highest BCUT2D eigenvalue weighted by Gasteiger charge is 2.22. The normalized spacial score (nSPS) is 11.1. The van der Waals surface area contributed by atoms with Gasteiger partial charge < -0.3 is 14.0 Å². The molecule has 0 N–H and O–H groups in total. The quantitative estimate of drug-likeness (QED) is 0.225. The third-order valence-corrected chi connectivity index (χ3v) is 5.10. The molecule has 32 heavy (non-hydrogen) atoms. The SMILES string of the molecule is CCOC(=O)c1c(C)n(-c2ccccc2)c2ccc(OC(=O)C=Cc3ccccc3)cc12. The van der Waals surface area contributed by atoms with E-state index in [1.807, 2.05) is 78.2 Å². The molecule has 0 amide bonds. The lowest BCUT2D eigenvalue weighted by Gasteiger charge is -2.08. The van der Waals surface area contributed by atoms with Crippen LogP contribution in [0.4, 0.5) is 0 Å². The fraction of sp³-hybridized carbons (Fsp3) is 0.111. The lowest BCUT2D eigenvalue weighted by molar-refractivity contribution is -0.128. The summed E-state index contributed by atoms with van der Waals surface area (Å²) in [5, 5.41) is 0.669. The Kier molecular flexibility index (Phi) is 6.17. The van der Waals surface area contributed by atoms with Crippen LogP contribution in [0.15, 0.2) is 84.9 Å². The van der Waals surface area contributed by atoms with Crippen molar-refractivity contribution < 1.29 is 19.1 Å². The van der Waals surface area contributed by atoms with Crippen LogP contribution in [0.5, 0.6) is 5.75 Å². The Morgan fingerprint density at radius 3 is 2.31 bits per heavy atom. The lowest BCUT2D eigenvalue weighted by atomic mass is 10.1. The first-order valence-electron chi connectivity index (χ1n) is 10.4. The van der Waals surface area contributed by atoms with Crippen LogP contribution in [-0.4, -0.2) is 23.1 Å². The molecule has 0 aliphatic heterocycles. The fourth-order valence-electron chi connectivity index (χ4n) is 3.71. The van der Waals surface area contributed by atoms with Crippen LogP contribution >= 0.6 is 0 Å². The maximum atomic E-state index is 12.8. The smallest absolute Gasteiger partial charge is 0.340 e.